The minimum atomic E-state index is -0.310. The van der Waals surface area contributed by atoms with E-state index in [1.54, 1.807) is 6.92 Å². The number of carbonyl (C=O) groups is 2. The van der Waals surface area contributed by atoms with E-state index in [4.69, 9.17) is 4.42 Å². The lowest BCUT2D eigenvalue weighted by atomic mass is 9.94. The minimum absolute atomic E-state index is 0.0733. The zero-order valence-corrected chi connectivity index (χ0v) is 14.1. The molecule has 0 aliphatic heterocycles. The van der Waals surface area contributed by atoms with Crippen molar-refractivity contribution in [2.45, 2.75) is 39.7 Å². The van der Waals surface area contributed by atoms with Crippen LogP contribution in [0.4, 0.5) is 5.69 Å². The van der Waals surface area contributed by atoms with E-state index in [0.717, 1.165) is 30.8 Å². The van der Waals surface area contributed by atoms with E-state index in [1.165, 1.54) is 0 Å². The van der Waals surface area contributed by atoms with Crippen LogP contribution in [0, 0.1) is 6.92 Å². The molecule has 1 aromatic carbocycles. The Morgan fingerprint density at radius 2 is 2.12 bits per heavy atom. The molecule has 1 aliphatic rings. The van der Waals surface area contributed by atoms with Crippen LogP contribution >= 0.6 is 0 Å². The topological polar surface area (TPSA) is 71.3 Å². The predicted octanol–water partition coefficient (Wildman–Crippen LogP) is 3.47. The van der Waals surface area contributed by atoms with Gasteiger partial charge in [-0.25, -0.2) is 0 Å². The molecule has 24 heavy (non-hydrogen) atoms. The number of fused-ring (bicyclic) bond motifs is 1. The summed E-state index contributed by atoms with van der Waals surface area (Å²) >= 11 is 0. The Kier molecular flexibility index (Phi) is 4.81. The third kappa shape index (κ3) is 3.26. The summed E-state index contributed by atoms with van der Waals surface area (Å²) < 4.78 is 5.69. The quantitative estimate of drug-likeness (QED) is 0.882. The molecule has 126 valence electrons. The molecule has 1 amide bonds. The average molecular weight is 326 g/mol. The fourth-order valence-electron chi connectivity index (χ4n) is 3.08. The van der Waals surface area contributed by atoms with Gasteiger partial charge in [-0.05, 0) is 37.6 Å². The molecular formula is C19H22N2O3. The number of benzene rings is 1. The Hall–Kier alpha value is -2.40. The van der Waals surface area contributed by atoms with Gasteiger partial charge in [0.15, 0.2) is 11.5 Å². The van der Waals surface area contributed by atoms with Crippen LogP contribution in [0.2, 0.25) is 0 Å². The second-order valence-electron chi connectivity index (χ2n) is 6.07. The van der Waals surface area contributed by atoms with Gasteiger partial charge in [0.1, 0.15) is 5.76 Å². The van der Waals surface area contributed by atoms with Crippen LogP contribution in [0.1, 0.15) is 57.6 Å². The van der Waals surface area contributed by atoms with E-state index in [2.05, 4.69) is 10.6 Å². The number of Topliss-reactive ketones (excluding diaryl/α,β-unsaturated/α-hetero) is 1. The van der Waals surface area contributed by atoms with E-state index in [1.807, 2.05) is 31.2 Å². The Morgan fingerprint density at radius 3 is 2.88 bits per heavy atom. The summed E-state index contributed by atoms with van der Waals surface area (Å²) in [6.07, 6.45) is 2.03. The first kappa shape index (κ1) is 16.5. The highest BCUT2D eigenvalue weighted by Crippen LogP contribution is 2.29. The van der Waals surface area contributed by atoms with Gasteiger partial charge in [0.25, 0.3) is 5.91 Å². The second kappa shape index (κ2) is 7.01. The number of amides is 1. The van der Waals surface area contributed by atoms with E-state index in [9.17, 15) is 9.59 Å². The van der Waals surface area contributed by atoms with Crippen molar-refractivity contribution in [3.8, 4) is 0 Å². The van der Waals surface area contributed by atoms with Crippen LogP contribution in [0.5, 0.6) is 0 Å². The number of hydrogen-bond acceptors (Lipinski definition) is 4. The number of furan rings is 1. The lowest BCUT2D eigenvalue weighted by molar-refractivity contribution is 0.0963. The molecule has 0 saturated carbocycles. The van der Waals surface area contributed by atoms with E-state index >= 15 is 0 Å². The van der Waals surface area contributed by atoms with Crippen LogP contribution in [0.3, 0.4) is 0 Å². The summed E-state index contributed by atoms with van der Waals surface area (Å²) in [7, 11) is 0. The van der Waals surface area contributed by atoms with Crippen molar-refractivity contribution >= 4 is 17.4 Å². The normalized spacial score (nSPS) is 13.7. The lowest BCUT2D eigenvalue weighted by Gasteiger charge is -2.07. The summed E-state index contributed by atoms with van der Waals surface area (Å²) in [6.45, 7) is 5.47. The highest BCUT2D eigenvalue weighted by molar-refractivity contribution is 6.07. The molecule has 0 radical (unpaired) electrons. The second-order valence-corrected chi connectivity index (χ2v) is 6.07. The molecular weight excluding hydrogens is 304 g/mol. The Bertz CT molecular complexity index is 777. The molecule has 1 aliphatic carbocycles. The molecule has 5 nitrogen and oxygen atoms in total. The zero-order chi connectivity index (χ0) is 17.1. The van der Waals surface area contributed by atoms with Crippen molar-refractivity contribution in [3.63, 3.8) is 0 Å². The molecule has 2 N–H and O–H groups in total. The molecule has 1 heterocycles. The molecule has 0 bridgehead atoms. The first-order chi connectivity index (χ1) is 11.6. The smallest absolute Gasteiger partial charge is 0.291 e. The van der Waals surface area contributed by atoms with E-state index in [0.29, 0.717) is 29.7 Å². The van der Waals surface area contributed by atoms with Gasteiger partial charge in [-0.1, -0.05) is 19.1 Å². The fourth-order valence-corrected chi connectivity index (χ4v) is 3.08. The highest BCUT2D eigenvalue weighted by Gasteiger charge is 2.28. The average Bonchev–Trinajstić information content (AvgIpc) is 2.91. The third-order valence-corrected chi connectivity index (χ3v) is 4.28. The highest BCUT2D eigenvalue weighted by atomic mass is 16.4. The van der Waals surface area contributed by atoms with Gasteiger partial charge in [0.05, 0.1) is 5.56 Å². The zero-order valence-electron chi connectivity index (χ0n) is 14.1. The van der Waals surface area contributed by atoms with Crippen molar-refractivity contribution in [1.29, 1.82) is 0 Å². The van der Waals surface area contributed by atoms with Crippen LogP contribution in [-0.4, -0.2) is 18.2 Å². The largest absolute Gasteiger partial charge is 0.455 e. The molecule has 0 fully saturated rings. The van der Waals surface area contributed by atoms with E-state index in [-0.39, 0.29) is 17.5 Å². The van der Waals surface area contributed by atoms with Gasteiger partial charge in [-0.3, -0.25) is 9.59 Å². The standard InChI is InChI=1S/C19H22N2O3/c1-3-20-11-13-6-4-7-14(10-13)21-19(23)18-12(2)17-15(22)8-5-9-16(17)24-18/h4,6-7,10,20H,3,5,8-9,11H2,1-2H3,(H,21,23). The SMILES string of the molecule is CCNCc1cccc(NC(=O)c2oc3c(c2C)C(=O)CCC3)c1. The van der Waals surface area contributed by atoms with Gasteiger partial charge in [-0.2, -0.15) is 0 Å². The molecule has 0 atom stereocenters. The van der Waals surface area contributed by atoms with Gasteiger partial charge in [0.2, 0.25) is 0 Å². The first-order valence-corrected chi connectivity index (χ1v) is 8.36. The Balaban J connectivity index is 1.80. The third-order valence-electron chi connectivity index (χ3n) is 4.28. The molecule has 0 saturated heterocycles. The van der Waals surface area contributed by atoms with Crippen LogP contribution in [0.25, 0.3) is 0 Å². The van der Waals surface area contributed by atoms with Gasteiger partial charge < -0.3 is 15.1 Å². The summed E-state index contributed by atoms with van der Waals surface area (Å²) in [5.74, 6) is 0.654. The van der Waals surface area contributed by atoms with Crippen molar-refractivity contribution in [2.75, 3.05) is 11.9 Å². The number of hydrogen-bond donors (Lipinski definition) is 2. The van der Waals surface area contributed by atoms with Crippen molar-refractivity contribution in [2.24, 2.45) is 0 Å². The number of carbonyl (C=O) groups excluding carboxylic acids is 2. The molecule has 5 heteroatoms. The predicted molar refractivity (Wildman–Crippen MR) is 92.5 cm³/mol. The maximum Gasteiger partial charge on any atom is 0.291 e. The van der Waals surface area contributed by atoms with Crippen molar-refractivity contribution < 1.29 is 14.0 Å². The van der Waals surface area contributed by atoms with Gasteiger partial charge >= 0.3 is 0 Å². The molecule has 3 rings (SSSR count). The maximum atomic E-state index is 12.6. The number of nitrogens with one attached hydrogen (secondary N) is 2. The van der Waals surface area contributed by atoms with Crippen molar-refractivity contribution in [1.82, 2.24) is 5.32 Å². The lowest BCUT2D eigenvalue weighted by Crippen LogP contribution is -2.14. The number of anilines is 1. The van der Waals surface area contributed by atoms with Crippen molar-refractivity contribution in [3.05, 3.63) is 52.5 Å². The maximum absolute atomic E-state index is 12.6. The first-order valence-electron chi connectivity index (χ1n) is 8.36. The fraction of sp³-hybridized carbons (Fsp3) is 0.368. The summed E-state index contributed by atoms with van der Waals surface area (Å²) in [5, 5.41) is 6.12. The summed E-state index contributed by atoms with van der Waals surface area (Å²) in [6, 6.07) is 7.69. The Labute approximate surface area is 141 Å². The van der Waals surface area contributed by atoms with Crippen LogP contribution in [-0.2, 0) is 13.0 Å². The molecule has 2 aromatic rings. The monoisotopic (exact) mass is 326 g/mol. The number of ketones is 1. The Morgan fingerprint density at radius 1 is 1.29 bits per heavy atom. The molecule has 0 unspecified atom stereocenters. The summed E-state index contributed by atoms with van der Waals surface area (Å²) in [4.78, 5) is 24.6. The van der Waals surface area contributed by atoms with Gasteiger partial charge in [-0.15, -0.1) is 0 Å². The summed E-state index contributed by atoms with van der Waals surface area (Å²) in [5.41, 5.74) is 3.07. The van der Waals surface area contributed by atoms with E-state index < -0.39 is 0 Å². The minimum Gasteiger partial charge on any atom is -0.455 e. The van der Waals surface area contributed by atoms with Crippen LogP contribution in [0.15, 0.2) is 28.7 Å². The molecule has 0 spiro atoms. The number of aryl methyl sites for hydroxylation is 1. The van der Waals surface area contributed by atoms with Crippen LogP contribution < -0.4 is 10.6 Å². The van der Waals surface area contributed by atoms with Gasteiger partial charge in [0, 0.05) is 30.6 Å². The molecule has 1 aromatic heterocycles. The number of rotatable bonds is 5.